The standard InChI is InChI=1S/C16H20F3N3O6.H/c1-3-22(28-27-16(17,18)19)10-14(24)20-13(15(25)21-26-11(2)23)9-12-7-5-4-6-8-12;/h4-8,13H,3,9-10H2,1-2H3,(H,20,24)(H,21,25);/q;-1/p+1. The molecule has 28 heavy (non-hydrogen) atoms. The zero-order chi connectivity index (χ0) is 21.2. The molecule has 0 heterocycles. The number of amides is 2. The number of halogens is 3. The van der Waals surface area contributed by atoms with Crippen molar-refractivity contribution in [3.05, 3.63) is 35.9 Å². The summed E-state index contributed by atoms with van der Waals surface area (Å²) in [7, 11) is 0. The van der Waals surface area contributed by atoms with Gasteiger partial charge >= 0.3 is 12.3 Å². The van der Waals surface area contributed by atoms with Gasteiger partial charge in [-0.25, -0.2) is 0 Å². The third kappa shape index (κ3) is 9.85. The number of benzene rings is 1. The molecule has 1 aromatic carbocycles. The van der Waals surface area contributed by atoms with Crippen molar-refractivity contribution in [1.82, 2.24) is 10.8 Å². The zero-order valence-electron chi connectivity index (χ0n) is 16.2. The van der Waals surface area contributed by atoms with E-state index in [4.69, 9.17) is 0 Å². The molecule has 12 heteroatoms. The Morgan fingerprint density at radius 1 is 1.21 bits per heavy atom. The van der Waals surface area contributed by atoms with Crippen molar-refractivity contribution in [2.24, 2.45) is 0 Å². The predicted octanol–water partition coefficient (Wildman–Crippen LogP) is -0.291. The quantitative estimate of drug-likeness (QED) is 0.382. The molecule has 0 fully saturated rings. The first-order valence-electron chi connectivity index (χ1n) is 8.18. The molecule has 0 spiro atoms. The van der Waals surface area contributed by atoms with E-state index in [1.165, 1.54) is 6.92 Å². The number of hydroxylamine groups is 3. The average molecular weight is 409 g/mol. The van der Waals surface area contributed by atoms with Gasteiger partial charge in [0.15, 0.2) is 6.54 Å². The molecule has 0 bridgehead atoms. The van der Waals surface area contributed by atoms with Crippen LogP contribution in [-0.4, -0.2) is 43.3 Å². The molecule has 2 amide bonds. The van der Waals surface area contributed by atoms with E-state index in [1.807, 2.05) is 5.48 Å². The lowest BCUT2D eigenvalue weighted by Gasteiger charge is -2.19. The van der Waals surface area contributed by atoms with Crippen LogP contribution in [0.2, 0.25) is 0 Å². The Kier molecular flexibility index (Phi) is 9.35. The minimum Gasteiger partial charge on any atom is -1.00 e. The summed E-state index contributed by atoms with van der Waals surface area (Å²) in [5, 5.41) is 2.09. The summed E-state index contributed by atoms with van der Waals surface area (Å²) in [6.07, 6.45) is -4.96. The molecule has 9 nitrogen and oxygen atoms in total. The van der Waals surface area contributed by atoms with Gasteiger partial charge in [0.2, 0.25) is 0 Å². The Morgan fingerprint density at radius 2 is 1.86 bits per heavy atom. The maximum absolute atomic E-state index is 12.2. The molecule has 3 N–H and O–H groups in total. The number of alkyl halides is 3. The van der Waals surface area contributed by atoms with Crippen molar-refractivity contribution in [2.45, 2.75) is 32.7 Å². The van der Waals surface area contributed by atoms with E-state index in [1.54, 1.807) is 30.3 Å². The predicted molar refractivity (Wildman–Crippen MR) is 87.7 cm³/mol. The lowest BCUT2D eigenvalue weighted by atomic mass is 10.1. The Hall–Kier alpha value is -2.70. The highest BCUT2D eigenvalue weighted by Crippen LogP contribution is 2.14. The van der Waals surface area contributed by atoms with E-state index in [0.717, 1.165) is 6.92 Å². The summed E-state index contributed by atoms with van der Waals surface area (Å²) in [5.41, 5.74) is 2.60. The van der Waals surface area contributed by atoms with Crippen LogP contribution in [0.5, 0.6) is 0 Å². The summed E-state index contributed by atoms with van der Waals surface area (Å²) in [6, 6.07) is 7.49. The van der Waals surface area contributed by atoms with Gasteiger partial charge in [0.25, 0.3) is 11.8 Å². The number of rotatable bonds is 9. The molecule has 0 saturated carbocycles. The first-order valence-corrected chi connectivity index (χ1v) is 8.18. The second-order valence-corrected chi connectivity index (χ2v) is 5.55. The average Bonchev–Trinajstić information content (AvgIpc) is 2.62. The zero-order valence-corrected chi connectivity index (χ0v) is 15.2. The van der Waals surface area contributed by atoms with Crippen LogP contribution in [0.1, 0.15) is 20.8 Å². The number of nitrogens with one attached hydrogen (secondary N) is 3. The maximum atomic E-state index is 12.2. The summed E-state index contributed by atoms with van der Waals surface area (Å²) in [4.78, 5) is 47.0. The largest absolute Gasteiger partial charge is 1.00 e. The van der Waals surface area contributed by atoms with Gasteiger partial charge in [-0.05, 0) is 17.5 Å². The molecule has 0 aromatic heterocycles. The summed E-state index contributed by atoms with van der Waals surface area (Å²) >= 11 is 0. The molecule has 0 aliphatic rings. The van der Waals surface area contributed by atoms with Crippen LogP contribution in [0.15, 0.2) is 30.3 Å². The summed E-state index contributed by atoms with van der Waals surface area (Å²) in [5.74, 6) is -2.35. The van der Waals surface area contributed by atoms with E-state index in [0.29, 0.717) is 5.56 Å². The molecule has 0 radical (unpaired) electrons. The molecule has 2 atom stereocenters. The van der Waals surface area contributed by atoms with Gasteiger partial charge in [-0.1, -0.05) is 35.2 Å². The fourth-order valence-electron chi connectivity index (χ4n) is 2.00. The smallest absolute Gasteiger partial charge is 0.553 e. The first-order chi connectivity index (χ1) is 13.1. The molecule has 158 valence electrons. The first kappa shape index (κ1) is 23.3. The van der Waals surface area contributed by atoms with E-state index in [2.05, 4.69) is 20.0 Å². The number of hydrogen-bond donors (Lipinski definition) is 3. The molecule has 0 aliphatic heterocycles. The second kappa shape index (κ2) is 11.2. The van der Waals surface area contributed by atoms with E-state index < -0.39 is 36.7 Å². The fraction of sp³-hybridized carbons (Fsp3) is 0.438. The van der Waals surface area contributed by atoms with Crippen molar-refractivity contribution in [3.8, 4) is 0 Å². The van der Waals surface area contributed by atoms with Crippen molar-refractivity contribution in [2.75, 3.05) is 13.1 Å². The van der Waals surface area contributed by atoms with Gasteiger partial charge in [0.05, 0.1) is 0 Å². The second-order valence-electron chi connectivity index (χ2n) is 5.55. The van der Waals surface area contributed by atoms with Crippen LogP contribution in [0, 0.1) is 0 Å². The molecule has 0 saturated heterocycles. The van der Waals surface area contributed by atoms with Crippen LogP contribution < -0.4 is 15.9 Å². The molecular weight excluding hydrogens is 387 g/mol. The Morgan fingerprint density at radius 3 is 2.39 bits per heavy atom. The Balaban J connectivity index is 0.00000784. The van der Waals surface area contributed by atoms with Gasteiger partial charge in [-0.15, -0.1) is 18.2 Å². The van der Waals surface area contributed by atoms with Crippen LogP contribution in [0.3, 0.4) is 0 Å². The van der Waals surface area contributed by atoms with Crippen molar-refractivity contribution < 1.29 is 48.8 Å². The monoisotopic (exact) mass is 409 g/mol. The number of likely N-dealkylation sites (N-methyl/N-ethyl adjacent to an activating group) is 1. The topological polar surface area (TPSA) is 107 Å². The fourth-order valence-corrected chi connectivity index (χ4v) is 2.00. The number of carbonyl (C=O) groups is 3. The highest BCUT2D eigenvalue weighted by atomic mass is 19.4. The summed E-state index contributed by atoms with van der Waals surface area (Å²) in [6.45, 7) is 1.97. The van der Waals surface area contributed by atoms with Crippen LogP contribution in [0.4, 0.5) is 13.2 Å². The molecule has 0 aliphatic carbocycles. The Bertz CT molecular complexity index is 663. The SMILES string of the molecule is CC[NH+](CC(=O)NC(Cc1ccccc1)C(=O)NOC(C)=O)OOC(F)(F)F.[H-]. The van der Waals surface area contributed by atoms with E-state index in [9.17, 15) is 27.6 Å². The van der Waals surface area contributed by atoms with Crippen LogP contribution in [0.25, 0.3) is 0 Å². The van der Waals surface area contributed by atoms with Gasteiger partial charge in [0.1, 0.15) is 12.6 Å². The van der Waals surface area contributed by atoms with Crippen LogP contribution in [-0.2, 0) is 35.5 Å². The molecular formula is C16H22F3N3O6. The number of quaternary nitrogens is 1. The minimum absolute atomic E-state index is 0. The van der Waals surface area contributed by atoms with Crippen molar-refractivity contribution >= 4 is 17.8 Å². The molecule has 1 rings (SSSR count). The van der Waals surface area contributed by atoms with E-state index >= 15 is 0 Å². The molecule has 1 aromatic rings. The van der Waals surface area contributed by atoms with Gasteiger partial charge in [-0.3, -0.25) is 14.4 Å². The third-order valence-electron chi connectivity index (χ3n) is 3.24. The van der Waals surface area contributed by atoms with E-state index in [-0.39, 0.29) is 19.5 Å². The number of hydrogen-bond acceptors (Lipinski definition) is 6. The maximum Gasteiger partial charge on any atom is 0.553 e. The van der Waals surface area contributed by atoms with Gasteiger partial charge < -0.3 is 11.6 Å². The lowest BCUT2D eigenvalue weighted by molar-refractivity contribution is -1.14. The third-order valence-corrected chi connectivity index (χ3v) is 3.24. The summed E-state index contributed by atoms with van der Waals surface area (Å²) < 4.78 is 36.1. The lowest BCUT2D eigenvalue weighted by Crippen LogP contribution is -3.12. The minimum atomic E-state index is -5.02. The highest BCUT2D eigenvalue weighted by Gasteiger charge is 2.34. The van der Waals surface area contributed by atoms with Gasteiger partial charge in [-0.2, -0.15) is 5.48 Å². The Labute approximate surface area is 160 Å². The van der Waals surface area contributed by atoms with Gasteiger partial charge in [0, 0.05) is 13.3 Å². The normalized spacial score (nSPS) is 13.3. The number of carbonyl (C=O) groups excluding carboxylic acids is 3. The highest BCUT2D eigenvalue weighted by molar-refractivity contribution is 5.88. The molecule has 2 unspecified atom stereocenters. The van der Waals surface area contributed by atoms with Crippen molar-refractivity contribution in [1.29, 1.82) is 0 Å². The van der Waals surface area contributed by atoms with Crippen LogP contribution >= 0.6 is 0 Å². The van der Waals surface area contributed by atoms with Crippen molar-refractivity contribution in [3.63, 3.8) is 0 Å².